The van der Waals surface area contributed by atoms with Crippen molar-refractivity contribution in [1.29, 1.82) is 0 Å². The fraction of sp³-hybridized carbons (Fsp3) is 0.812. The van der Waals surface area contributed by atoms with Gasteiger partial charge < -0.3 is 19.3 Å². The van der Waals surface area contributed by atoms with Crippen molar-refractivity contribution in [2.24, 2.45) is 16.2 Å². The molecule has 0 amide bonds. The van der Waals surface area contributed by atoms with Crippen LogP contribution < -0.4 is 0 Å². The van der Waals surface area contributed by atoms with Crippen LogP contribution in [0.2, 0.25) is 0 Å². The summed E-state index contributed by atoms with van der Waals surface area (Å²) in [4.78, 5) is 37.2. The van der Waals surface area contributed by atoms with Crippen LogP contribution in [0.1, 0.15) is 33.6 Å². The number of ether oxygens (including phenoxy) is 3. The summed E-state index contributed by atoms with van der Waals surface area (Å²) >= 11 is 0. The Morgan fingerprint density at radius 3 is 2.33 bits per heavy atom. The van der Waals surface area contributed by atoms with Crippen LogP contribution in [-0.4, -0.2) is 61.8 Å². The molecular weight excluding hydrogens is 384 g/mol. The number of aliphatic hydroxyl groups is 1. The Bertz CT molecular complexity index is 872. The maximum absolute atomic E-state index is 12.9. The first-order valence-corrected chi connectivity index (χ1v) is 10.2. The molecule has 10 nitrogen and oxygen atoms in total. The number of aliphatic hydroxyl groups excluding tert-OH is 1. The molecule has 4 rings (SSSR count). The highest BCUT2D eigenvalue weighted by Crippen LogP contribution is 2.76. The topological polar surface area (TPSA) is 142 Å². The van der Waals surface area contributed by atoms with Crippen molar-refractivity contribution in [3.63, 3.8) is 0 Å². The van der Waals surface area contributed by atoms with Gasteiger partial charge in [0.2, 0.25) is 0 Å². The van der Waals surface area contributed by atoms with Crippen molar-refractivity contribution >= 4 is 28.0 Å². The van der Waals surface area contributed by atoms with Crippen LogP contribution in [0.5, 0.6) is 0 Å². The predicted molar refractivity (Wildman–Crippen MR) is 84.1 cm³/mol. The molecule has 3 aliphatic heterocycles. The Kier molecular flexibility index (Phi) is 3.32. The first-order valence-electron chi connectivity index (χ1n) is 8.43. The SMILES string of the molecule is CC(C)(C)[C@]1(OS(C)(=O)=O)CC2OC(=O)CC23C(=O)OC2OC(=O)[C@@H](O)C231. The summed E-state index contributed by atoms with van der Waals surface area (Å²) in [6.07, 6.45) is -4.49. The normalized spacial score (nSPS) is 45.8. The fourth-order valence-electron chi connectivity index (χ4n) is 5.61. The van der Waals surface area contributed by atoms with Crippen molar-refractivity contribution < 1.29 is 46.3 Å². The average molecular weight is 404 g/mol. The van der Waals surface area contributed by atoms with E-state index in [0.717, 1.165) is 6.26 Å². The molecule has 27 heavy (non-hydrogen) atoms. The third kappa shape index (κ3) is 1.82. The minimum absolute atomic E-state index is 0.214. The Morgan fingerprint density at radius 2 is 1.78 bits per heavy atom. The molecule has 6 atom stereocenters. The van der Waals surface area contributed by atoms with E-state index >= 15 is 0 Å². The Hall–Kier alpha value is -1.72. The van der Waals surface area contributed by atoms with E-state index in [1.807, 2.05) is 0 Å². The molecule has 0 aromatic rings. The number of carbonyl (C=O) groups is 3. The second kappa shape index (κ2) is 4.81. The largest absolute Gasteiger partial charge is 0.461 e. The number of hydrogen-bond donors (Lipinski definition) is 1. The number of hydrogen-bond acceptors (Lipinski definition) is 10. The zero-order valence-corrected chi connectivity index (χ0v) is 16.0. The zero-order valence-electron chi connectivity index (χ0n) is 15.2. The van der Waals surface area contributed by atoms with E-state index in [2.05, 4.69) is 0 Å². The van der Waals surface area contributed by atoms with E-state index in [-0.39, 0.29) is 6.42 Å². The van der Waals surface area contributed by atoms with Gasteiger partial charge in [0, 0.05) is 6.42 Å². The van der Waals surface area contributed by atoms with Gasteiger partial charge in [-0.05, 0) is 5.41 Å². The average Bonchev–Trinajstić information content (AvgIpc) is 3.07. The highest BCUT2D eigenvalue weighted by atomic mass is 32.2. The summed E-state index contributed by atoms with van der Waals surface area (Å²) in [6.45, 7) is 4.95. The van der Waals surface area contributed by atoms with Crippen molar-refractivity contribution in [2.45, 2.75) is 57.7 Å². The second-order valence-electron chi connectivity index (χ2n) is 8.64. The van der Waals surface area contributed by atoms with Crippen LogP contribution in [0.25, 0.3) is 0 Å². The van der Waals surface area contributed by atoms with Crippen molar-refractivity contribution in [2.75, 3.05) is 6.26 Å². The highest BCUT2D eigenvalue weighted by molar-refractivity contribution is 7.86. The summed E-state index contributed by atoms with van der Waals surface area (Å²) in [5.41, 5.74) is -6.56. The van der Waals surface area contributed by atoms with Gasteiger partial charge in [-0.3, -0.25) is 13.8 Å². The second-order valence-corrected chi connectivity index (χ2v) is 10.2. The van der Waals surface area contributed by atoms with Crippen LogP contribution in [0.15, 0.2) is 0 Å². The lowest BCUT2D eigenvalue weighted by atomic mass is 9.52. The maximum atomic E-state index is 12.9. The smallest absolute Gasteiger partial charge is 0.339 e. The molecule has 4 fully saturated rings. The lowest BCUT2D eigenvalue weighted by molar-refractivity contribution is -0.210. The quantitative estimate of drug-likeness (QED) is 0.461. The lowest BCUT2D eigenvalue weighted by Crippen LogP contribution is -2.66. The molecule has 1 saturated carbocycles. The molecule has 1 N–H and O–H groups in total. The molecule has 0 aromatic carbocycles. The summed E-state index contributed by atoms with van der Waals surface area (Å²) in [5.74, 6) is -2.65. The van der Waals surface area contributed by atoms with Gasteiger partial charge in [0.15, 0.2) is 6.10 Å². The zero-order chi connectivity index (χ0) is 20.2. The third-order valence-electron chi connectivity index (χ3n) is 6.46. The molecule has 3 heterocycles. The van der Waals surface area contributed by atoms with Crippen LogP contribution in [0, 0.1) is 16.2 Å². The molecule has 150 valence electrons. The van der Waals surface area contributed by atoms with Crippen LogP contribution in [-0.2, 0) is 42.9 Å². The summed E-state index contributed by atoms with van der Waals surface area (Å²) in [6, 6.07) is 0. The molecule has 4 aliphatic rings. The first kappa shape index (κ1) is 18.6. The minimum Gasteiger partial charge on any atom is -0.461 e. The van der Waals surface area contributed by atoms with Crippen LogP contribution in [0.4, 0.5) is 0 Å². The molecule has 11 heteroatoms. The standard InChI is InChI=1S/C16H20O10S/c1-13(2,3)15(26-27(4,21)22)5-7-14(6-8(17)23-7)11(20)25-12-16(14,15)9(18)10(19)24-12/h7,9,12,18H,5-6H2,1-4H3/t7?,9-,12?,14?,15-,16?/m1/s1. The summed E-state index contributed by atoms with van der Waals surface area (Å²) < 4.78 is 45.6. The summed E-state index contributed by atoms with van der Waals surface area (Å²) in [7, 11) is -4.12. The number of esters is 3. The Balaban J connectivity index is 2.09. The van der Waals surface area contributed by atoms with Crippen LogP contribution in [0.3, 0.4) is 0 Å². The van der Waals surface area contributed by atoms with Gasteiger partial charge >= 0.3 is 17.9 Å². The number of rotatable bonds is 2. The minimum atomic E-state index is -4.12. The highest BCUT2D eigenvalue weighted by Gasteiger charge is 2.94. The molecule has 0 aromatic heterocycles. The van der Waals surface area contributed by atoms with E-state index in [9.17, 15) is 27.9 Å². The Labute approximate surface area is 155 Å². The van der Waals surface area contributed by atoms with Crippen LogP contribution >= 0.6 is 0 Å². The van der Waals surface area contributed by atoms with Gasteiger partial charge in [0.05, 0.1) is 12.7 Å². The van der Waals surface area contributed by atoms with Gasteiger partial charge in [0.25, 0.3) is 16.4 Å². The van der Waals surface area contributed by atoms with Gasteiger partial charge in [0.1, 0.15) is 22.5 Å². The molecule has 4 unspecified atom stereocenters. The summed E-state index contributed by atoms with van der Waals surface area (Å²) in [5, 5.41) is 10.9. The first-order chi connectivity index (χ1) is 12.2. The Morgan fingerprint density at radius 1 is 1.15 bits per heavy atom. The number of carbonyl (C=O) groups excluding carboxylic acids is 3. The van der Waals surface area contributed by atoms with E-state index in [0.29, 0.717) is 0 Å². The van der Waals surface area contributed by atoms with E-state index in [1.54, 1.807) is 20.8 Å². The molecule has 1 aliphatic carbocycles. The van der Waals surface area contributed by atoms with Gasteiger partial charge in [-0.2, -0.15) is 8.42 Å². The maximum Gasteiger partial charge on any atom is 0.339 e. The predicted octanol–water partition coefficient (Wildman–Crippen LogP) is -0.760. The molecule has 2 spiro atoms. The molecule has 0 bridgehead atoms. The van der Waals surface area contributed by atoms with E-state index < -0.39 is 74.8 Å². The van der Waals surface area contributed by atoms with Gasteiger partial charge in [-0.25, -0.2) is 4.79 Å². The van der Waals surface area contributed by atoms with E-state index in [4.69, 9.17) is 18.4 Å². The molecule has 3 saturated heterocycles. The molecular formula is C16H20O10S. The lowest BCUT2D eigenvalue weighted by Gasteiger charge is -2.51. The van der Waals surface area contributed by atoms with E-state index in [1.165, 1.54) is 0 Å². The van der Waals surface area contributed by atoms with Gasteiger partial charge in [-0.1, -0.05) is 20.8 Å². The fourth-order valence-corrected chi connectivity index (χ4v) is 6.58. The monoisotopic (exact) mass is 404 g/mol. The third-order valence-corrected chi connectivity index (χ3v) is 7.05. The van der Waals surface area contributed by atoms with Crippen molar-refractivity contribution in [1.82, 2.24) is 0 Å². The van der Waals surface area contributed by atoms with Gasteiger partial charge in [-0.15, -0.1) is 0 Å². The van der Waals surface area contributed by atoms with Crippen molar-refractivity contribution in [3.8, 4) is 0 Å². The molecule has 0 radical (unpaired) electrons. The van der Waals surface area contributed by atoms with Crippen molar-refractivity contribution in [3.05, 3.63) is 0 Å².